The number of allylic oxidation sites excluding steroid dienone is 1. The van der Waals surface area contributed by atoms with Gasteiger partial charge in [-0.05, 0) is 32.0 Å². The molecule has 0 atom stereocenters. The number of rotatable bonds is 4. The molecule has 0 aliphatic heterocycles. The fourth-order valence-corrected chi connectivity index (χ4v) is 2.66. The summed E-state index contributed by atoms with van der Waals surface area (Å²) in [5.74, 6) is -2.24. The number of carbonyl (C=O) groups excluding carboxylic acids is 1. The number of aromatic hydroxyl groups is 3. The maximum atomic E-state index is 13.0. The Kier molecular flexibility index (Phi) is 5.18. The van der Waals surface area contributed by atoms with E-state index in [0.717, 1.165) is 12.1 Å². The summed E-state index contributed by atoms with van der Waals surface area (Å²) in [7, 11) is 1.35. The van der Waals surface area contributed by atoms with Crippen LogP contribution >= 0.6 is 0 Å². The Hall–Kier alpha value is -3.94. The Labute approximate surface area is 164 Å². The van der Waals surface area contributed by atoms with E-state index >= 15 is 0 Å². The van der Waals surface area contributed by atoms with E-state index in [1.807, 2.05) is 0 Å². The second-order valence-corrected chi connectivity index (χ2v) is 6.18. The highest BCUT2D eigenvalue weighted by Crippen LogP contribution is 2.38. The number of esters is 1. The fraction of sp³-hybridized carbons (Fsp3) is 0.143. The fourth-order valence-electron chi connectivity index (χ4n) is 2.66. The second kappa shape index (κ2) is 7.59. The summed E-state index contributed by atoms with van der Waals surface area (Å²) < 4.78 is 16.1. The minimum atomic E-state index is -0.803. The van der Waals surface area contributed by atoms with Crippen LogP contribution in [0.15, 0.2) is 51.2 Å². The number of benzene rings is 2. The van der Waals surface area contributed by atoms with Crippen LogP contribution in [0, 0.1) is 0 Å². The van der Waals surface area contributed by atoms with Gasteiger partial charge in [0, 0.05) is 23.3 Å². The molecule has 0 saturated heterocycles. The number of phenolic OH excluding ortho intramolecular Hbond substituents is 3. The molecule has 8 heteroatoms. The molecule has 29 heavy (non-hydrogen) atoms. The number of ether oxygens (including phenoxy) is 2. The van der Waals surface area contributed by atoms with E-state index in [1.54, 1.807) is 6.92 Å². The van der Waals surface area contributed by atoms with Gasteiger partial charge in [0.25, 0.3) is 0 Å². The van der Waals surface area contributed by atoms with Gasteiger partial charge in [-0.3, -0.25) is 4.79 Å². The maximum absolute atomic E-state index is 13.0. The SMILES string of the molecule is CC=C(C)C(=O)Oc1c(-c2ccc(O)c(OC)c2)oc2cc(O)cc(O)c2c1=O. The minimum absolute atomic E-state index is 0.103. The van der Waals surface area contributed by atoms with Crippen molar-refractivity contribution >= 4 is 16.9 Å². The van der Waals surface area contributed by atoms with E-state index in [2.05, 4.69) is 0 Å². The lowest BCUT2D eigenvalue weighted by molar-refractivity contribution is -0.130. The molecule has 8 nitrogen and oxygen atoms in total. The normalized spacial score (nSPS) is 11.5. The monoisotopic (exact) mass is 398 g/mol. The van der Waals surface area contributed by atoms with Crippen LogP contribution in [-0.4, -0.2) is 28.4 Å². The smallest absolute Gasteiger partial charge is 0.339 e. The highest BCUT2D eigenvalue weighted by Gasteiger charge is 2.24. The van der Waals surface area contributed by atoms with Gasteiger partial charge in [0.2, 0.25) is 11.2 Å². The summed E-state index contributed by atoms with van der Waals surface area (Å²) in [6.45, 7) is 3.16. The molecule has 3 aromatic rings. The minimum Gasteiger partial charge on any atom is -0.508 e. The topological polar surface area (TPSA) is 126 Å². The van der Waals surface area contributed by atoms with Gasteiger partial charge < -0.3 is 29.2 Å². The molecule has 0 fully saturated rings. The average molecular weight is 398 g/mol. The molecule has 0 aliphatic carbocycles. The van der Waals surface area contributed by atoms with Crippen molar-refractivity contribution in [3.05, 3.63) is 52.2 Å². The molecule has 0 spiro atoms. The van der Waals surface area contributed by atoms with Gasteiger partial charge in [0.15, 0.2) is 17.3 Å². The third-order valence-electron chi connectivity index (χ3n) is 4.31. The summed E-state index contributed by atoms with van der Waals surface area (Å²) in [6, 6.07) is 6.28. The summed E-state index contributed by atoms with van der Waals surface area (Å²) in [4.78, 5) is 25.3. The second-order valence-electron chi connectivity index (χ2n) is 6.18. The first-order chi connectivity index (χ1) is 13.8. The first-order valence-electron chi connectivity index (χ1n) is 8.52. The van der Waals surface area contributed by atoms with Crippen LogP contribution in [0.1, 0.15) is 13.8 Å². The van der Waals surface area contributed by atoms with E-state index < -0.39 is 22.9 Å². The van der Waals surface area contributed by atoms with Crippen molar-refractivity contribution in [3.8, 4) is 40.1 Å². The summed E-state index contributed by atoms with van der Waals surface area (Å²) in [6.07, 6.45) is 1.52. The van der Waals surface area contributed by atoms with E-state index in [9.17, 15) is 24.9 Å². The average Bonchev–Trinajstić information content (AvgIpc) is 2.68. The van der Waals surface area contributed by atoms with Gasteiger partial charge in [0.05, 0.1) is 7.11 Å². The van der Waals surface area contributed by atoms with E-state index in [4.69, 9.17) is 13.9 Å². The molecule has 0 unspecified atom stereocenters. The predicted octanol–water partition coefficient (Wildman–Crippen LogP) is 3.46. The summed E-state index contributed by atoms with van der Waals surface area (Å²) in [5.41, 5.74) is -0.392. The lowest BCUT2D eigenvalue weighted by Crippen LogP contribution is -2.17. The zero-order chi connectivity index (χ0) is 21.3. The summed E-state index contributed by atoms with van der Waals surface area (Å²) >= 11 is 0. The van der Waals surface area contributed by atoms with Crippen LogP contribution in [0.5, 0.6) is 28.7 Å². The molecule has 3 rings (SSSR count). The number of carbonyl (C=O) groups is 1. The largest absolute Gasteiger partial charge is 0.508 e. The molecule has 2 aromatic carbocycles. The van der Waals surface area contributed by atoms with Gasteiger partial charge in [-0.15, -0.1) is 0 Å². The molecule has 1 aromatic heterocycles. The lowest BCUT2D eigenvalue weighted by Gasteiger charge is -2.12. The van der Waals surface area contributed by atoms with E-state index in [0.29, 0.717) is 0 Å². The number of hydrogen-bond donors (Lipinski definition) is 3. The Balaban J connectivity index is 2.36. The molecule has 0 amide bonds. The Morgan fingerprint density at radius 2 is 1.83 bits per heavy atom. The lowest BCUT2D eigenvalue weighted by atomic mass is 10.1. The first-order valence-corrected chi connectivity index (χ1v) is 8.52. The molecule has 0 aliphatic rings. The molecule has 3 N–H and O–H groups in total. The molecule has 0 saturated carbocycles. The van der Waals surface area contributed by atoms with Crippen LogP contribution < -0.4 is 14.9 Å². The van der Waals surface area contributed by atoms with Gasteiger partial charge in [-0.25, -0.2) is 4.79 Å². The number of hydrogen-bond acceptors (Lipinski definition) is 8. The van der Waals surface area contributed by atoms with E-state index in [-0.39, 0.29) is 45.1 Å². The zero-order valence-corrected chi connectivity index (χ0v) is 15.8. The molecule has 150 valence electrons. The van der Waals surface area contributed by atoms with Gasteiger partial charge in [-0.1, -0.05) is 6.08 Å². The van der Waals surface area contributed by atoms with Crippen molar-refractivity contribution < 1.29 is 34.0 Å². The van der Waals surface area contributed by atoms with Crippen molar-refractivity contribution in [2.24, 2.45) is 0 Å². The van der Waals surface area contributed by atoms with Crippen molar-refractivity contribution in [1.29, 1.82) is 0 Å². The van der Waals surface area contributed by atoms with Crippen molar-refractivity contribution in [1.82, 2.24) is 0 Å². The number of methoxy groups -OCH3 is 1. The van der Waals surface area contributed by atoms with Crippen LogP contribution in [-0.2, 0) is 4.79 Å². The Morgan fingerprint density at radius 3 is 2.48 bits per heavy atom. The van der Waals surface area contributed by atoms with Crippen molar-refractivity contribution in [2.45, 2.75) is 13.8 Å². The first kappa shape index (κ1) is 19.8. The number of fused-ring (bicyclic) bond motifs is 1. The zero-order valence-electron chi connectivity index (χ0n) is 15.8. The van der Waals surface area contributed by atoms with Gasteiger partial charge in [0.1, 0.15) is 22.5 Å². The molecule has 1 heterocycles. The molecule has 0 bridgehead atoms. The number of phenols is 3. The quantitative estimate of drug-likeness (QED) is 0.450. The highest BCUT2D eigenvalue weighted by atomic mass is 16.5. The third kappa shape index (κ3) is 3.60. The van der Waals surface area contributed by atoms with Crippen LogP contribution in [0.4, 0.5) is 0 Å². The van der Waals surface area contributed by atoms with Gasteiger partial charge >= 0.3 is 5.97 Å². The van der Waals surface area contributed by atoms with Crippen molar-refractivity contribution in [3.63, 3.8) is 0 Å². The summed E-state index contributed by atoms with van der Waals surface area (Å²) in [5, 5.41) is 29.4. The predicted molar refractivity (Wildman–Crippen MR) is 105 cm³/mol. The van der Waals surface area contributed by atoms with Crippen molar-refractivity contribution in [2.75, 3.05) is 7.11 Å². The highest BCUT2D eigenvalue weighted by molar-refractivity contribution is 5.93. The van der Waals surface area contributed by atoms with Crippen LogP contribution in [0.25, 0.3) is 22.3 Å². The van der Waals surface area contributed by atoms with Crippen LogP contribution in [0.2, 0.25) is 0 Å². The van der Waals surface area contributed by atoms with Gasteiger partial charge in [-0.2, -0.15) is 0 Å². The molecular weight excluding hydrogens is 380 g/mol. The Bertz CT molecular complexity index is 1200. The van der Waals surface area contributed by atoms with E-state index in [1.165, 1.54) is 38.3 Å². The standard InChI is InChI=1S/C21H18O8/c1-4-10(2)21(26)29-20-18(25)17-14(24)8-12(22)9-16(17)28-19(20)11-5-6-13(23)15(7-11)27-3/h4-9,22-24H,1-3H3. The third-order valence-corrected chi connectivity index (χ3v) is 4.31. The van der Waals surface area contributed by atoms with Crippen LogP contribution in [0.3, 0.4) is 0 Å². The Morgan fingerprint density at radius 1 is 1.10 bits per heavy atom. The molecule has 0 radical (unpaired) electrons. The maximum Gasteiger partial charge on any atom is 0.339 e. The molecular formula is C21H18O8.